The maximum absolute atomic E-state index is 14.9. The van der Waals surface area contributed by atoms with Gasteiger partial charge in [0.1, 0.15) is 11.6 Å². The van der Waals surface area contributed by atoms with Crippen molar-refractivity contribution in [3.05, 3.63) is 66.2 Å². The van der Waals surface area contributed by atoms with Gasteiger partial charge in [-0.2, -0.15) is 16.7 Å². The summed E-state index contributed by atoms with van der Waals surface area (Å²) >= 11 is 2.03. The molecule has 4 aromatic rings. The molecule has 3 N–H and O–H groups in total. The van der Waals surface area contributed by atoms with E-state index < -0.39 is 0 Å². The second-order valence-corrected chi connectivity index (χ2v) is 9.76. The summed E-state index contributed by atoms with van der Waals surface area (Å²) in [5.74, 6) is 3.85. The average Bonchev–Trinajstić information content (AvgIpc) is 3.26. The summed E-state index contributed by atoms with van der Waals surface area (Å²) in [7, 11) is 0. The topological polar surface area (TPSA) is 78.1 Å². The molecule has 0 saturated carbocycles. The first-order chi connectivity index (χ1) is 17.1. The van der Waals surface area contributed by atoms with Crippen LogP contribution in [0.1, 0.15) is 12.1 Å². The molecule has 0 unspecified atom stereocenters. The summed E-state index contributed by atoms with van der Waals surface area (Å²) in [5.41, 5.74) is 2.86. The van der Waals surface area contributed by atoms with E-state index in [-0.39, 0.29) is 5.82 Å². The number of nitrogens with one attached hydrogen (secondary N) is 3. The van der Waals surface area contributed by atoms with Crippen LogP contribution in [0.2, 0.25) is 0 Å². The van der Waals surface area contributed by atoms with Crippen molar-refractivity contribution in [1.82, 2.24) is 19.9 Å². The van der Waals surface area contributed by atoms with Crippen LogP contribution in [0.3, 0.4) is 0 Å². The number of aromatic nitrogens is 3. The minimum Gasteiger partial charge on any atom is -0.493 e. The minimum absolute atomic E-state index is 0.316. The van der Waals surface area contributed by atoms with Crippen LogP contribution in [-0.4, -0.2) is 57.6 Å². The third-order valence-corrected chi connectivity index (χ3v) is 6.81. The number of anilines is 4. The van der Waals surface area contributed by atoms with E-state index in [1.807, 2.05) is 49.0 Å². The first-order valence-electron chi connectivity index (χ1n) is 11.8. The normalized spacial score (nSPS) is 14.2. The predicted molar refractivity (Wildman–Crippen MR) is 142 cm³/mol. The molecule has 2 aromatic heterocycles. The Kier molecular flexibility index (Phi) is 7.34. The van der Waals surface area contributed by atoms with E-state index >= 15 is 0 Å². The van der Waals surface area contributed by atoms with E-state index in [9.17, 15) is 4.39 Å². The zero-order valence-electron chi connectivity index (χ0n) is 19.7. The predicted octanol–water partition coefficient (Wildman–Crippen LogP) is 5.71. The molecule has 7 nitrogen and oxygen atoms in total. The van der Waals surface area contributed by atoms with Crippen LogP contribution in [0, 0.1) is 12.7 Å². The molecule has 3 heterocycles. The van der Waals surface area contributed by atoms with Gasteiger partial charge in [0.15, 0.2) is 5.82 Å². The van der Waals surface area contributed by atoms with Crippen molar-refractivity contribution in [2.75, 3.05) is 48.4 Å². The Balaban J connectivity index is 1.19. The number of fused-ring (bicyclic) bond motifs is 1. The Bertz CT molecular complexity index is 1290. The lowest BCUT2D eigenvalue weighted by Gasteiger charge is -2.25. The first kappa shape index (κ1) is 23.4. The third kappa shape index (κ3) is 6.04. The second kappa shape index (κ2) is 11.0. The van der Waals surface area contributed by atoms with Crippen LogP contribution in [0.15, 0.2) is 54.7 Å². The minimum atomic E-state index is -0.316. The van der Waals surface area contributed by atoms with E-state index in [1.54, 1.807) is 24.4 Å². The van der Waals surface area contributed by atoms with E-state index in [4.69, 9.17) is 4.74 Å². The molecule has 2 aromatic carbocycles. The van der Waals surface area contributed by atoms with Crippen LogP contribution in [-0.2, 0) is 0 Å². The van der Waals surface area contributed by atoms with Crippen molar-refractivity contribution >= 4 is 45.8 Å². The maximum Gasteiger partial charge on any atom is 0.229 e. The Morgan fingerprint density at radius 2 is 2.00 bits per heavy atom. The number of hydrogen-bond donors (Lipinski definition) is 3. The highest BCUT2D eigenvalue weighted by molar-refractivity contribution is 7.99. The molecular weight excluding hydrogens is 463 g/mol. The number of hydrogen-bond acceptors (Lipinski definition) is 7. The summed E-state index contributed by atoms with van der Waals surface area (Å²) in [6.07, 6.45) is 2.64. The number of aromatic amines is 1. The van der Waals surface area contributed by atoms with Gasteiger partial charge in [0.2, 0.25) is 5.95 Å². The monoisotopic (exact) mass is 492 g/mol. The summed E-state index contributed by atoms with van der Waals surface area (Å²) in [5, 5.41) is 6.82. The molecule has 182 valence electrons. The van der Waals surface area contributed by atoms with Crippen LogP contribution >= 0.6 is 11.8 Å². The Morgan fingerprint density at radius 1 is 1.11 bits per heavy atom. The molecule has 9 heteroatoms. The van der Waals surface area contributed by atoms with E-state index in [0.717, 1.165) is 35.6 Å². The van der Waals surface area contributed by atoms with Gasteiger partial charge in [-0.25, -0.2) is 9.37 Å². The molecule has 0 amide bonds. The molecule has 1 fully saturated rings. The lowest BCUT2D eigenvalue weighted by molar-refractivity contribution is 0.248. The molecule has 0 atom stereocenters. The highest BCUT2D eigenvalue weighted by Gasteiger charge is 2.11. The van der Waals surface area contributed by atoms with E-state index in [2.05, 4.69) is 30.5 Å². The van der Waals surface area contributed by atoms with Gasteiger partial charge in [0.25, 0.3) is 0 Å². The highest BCUT2D eigenvalue weighted by atomic mass is 32.2. The molecule has 1 aliphatic heterocycles. The van der Waals surface area contributed by atoms with Crippen molar-refractivity contribution in [2.24, 2.45) is 0 Å². The van der Waals surface area contributed by atoms with Crippen molar-refractivity contribution in [3.8, 4) is 5.75 Å². The smallest absolute Gasteiger partial charge is 0.229 e. The van der Waals surface area contributed by atoms with E-state index in [1.165, 1.54) is 24.6 Å². The van der Waals surface area contributed by atoms with E-state index in [0.29, 0.717) is 29.4 Å². The summed E-state index contributed by atoms with van der Waals surface area (Å²) in [4.78, 5) is 14.4. The fourth-order valence-electron chi connectivity index (χ4n) is 4.13. The van der Waals surface area contributed by atoms with Gasteiger partial charge < -0.3 is 25.3 Å². The first-order valence-corrected chi connectivity index (χ1v) is 13.0. The fourth-order valence-corrected chi connectivity index (χ4v) is 5.11. The Morgan fingerprint density at radius 3 is 2.89 bits per heavy atom. The molecule has 0 aliphatic carbocycles. The van der Waals surface area contributed by atoms with Gasteiger partial charge in [0.05, 0.1) is 12.3 Å². The number of benzene rings is 2. The van der Waals surface area contributed by atoms with Crippen molar-refractivity contribution in [1.29, 1.82) is 0 Å². The van der Waals surface area contributed by atoms with Gasteiger partial charge in [-0.05, 0) is 49.7 Å². The van der Waals surface area contributed by atoms with Gasteiger partial charge in [0, 0.05) is 65.7 Å². The average molecular weight is 493 g/mol. The summed E-state index contributed by atoms with van der Waals surface area (Å²) in [6.45, 7) is 6.00. The largest absolute Gasteiger partial charge is 0.493 e. The Hall–Kier alpha value is -3.30. The summed E-state index contributed by atoms with van der Waals surface area (Å²) < 4.78 is 20.9. The van der Waals surface area contributed by atoms with Crippen LogP contribution in [0.4, 0.5) is 27.5 Å². The lowest BCUT2D eigenvalue weighted by Crippen LogP contribution is -2.33. The number of halogens is 1. The van der Waals surface area contributed by atoms with Crippen LogP contribution in [0.5, 0.6) is 5.75 Å². The molecule has 5 rings (SSSR count). The molecule has 0 spiro atoms. The zero-order valence-corrected chi connectivity index (χ0v) is 20.5. The van der Waals surface area contributed by atoms with Gasteiger partial charge in [-0.1, -0.05) is 6.07 Å². The van der Waals surface area contributed by atoms with Crippen LogP contribution < -0.4 is 15.4 Å². The molecule has 1 aliphatic rings. The number of aryl methyl sites for hydroxylation is 1. The maximum atomic E-state index is 14.9. The number of rotatable bonds is 9. The third-order valence-electron chi connectivity index (χ3n) is 5.87. The van der Waals surface area contributed by atoms with Crippen molar-refractivity contribution < 1.29 is 9.13 Å². The number of ether oxygens (including phenoxy) is 1. The highest BCUT2D eigenvalue weighted by Crippen LogP contribution is 2.28. The SMILES string of the molecule is Cc1cc2c(F)c(Nc3ccnc(Nc4cccc(OCCCN5CCSCC5)c4)n3)ccc2[nH]1. The van der Waals surface area contributed by atoms with Gasteiger partial charge >= 0.3 is 0 Å². The molecule has 1 saturated heterocycles. The zero-order chi connectivity index (χ0) is 24.0. The molecule has 0 bridgehead atoms. The molecule has 0 radical (unpaired) electrons. The lowest BCUT2D eigenvalue weighted by atomic mass is 10.2. The number of nitrogens with zero attached hydrogens (tertiary/aromatic N) is 3. The van der Waals surface area contributed by atoms with Crippen LogP contribution in [0.25, 0.3) is 10.9 Å². The summed E-state index contributed by atoms with van der Waals surface area (Å²) in [6, 6.07) is 14.8. The molecular formula is C26H29FN6OS. The van der Waals surface area contributed by atoms with Gasteiger partial charge in [-0.15, -0.1) is 0 Å². The van der Waals surface area contributed by atoms with Crippen molar-refractivity contribution in [3.63, 3.8) is 0 Å². The quantitative estimate of drug-likeness (QED) is 0.258. The number of thioether (sulfide) groups is 1. The second-order valence-electron chi connectivity index (χ2n) is 8.54. The van der Waals surface area contributed by atoms with Crippen molar-refractivity contribution in [2.45, 2.75) is 13.3 Å². The Labute approximate surface area is 208 Å². The number of H-pyrrole nitrogens is 1. The van der Waals surface area contributed by atoms with Gasteiger partial charge in [-0.3, -0.25) is 0 Å². The molecule has 35 heavy (non-hydrogen) atoms. The standard InChI is InChI=1S/C26H29FN6OS/c1-18-16-21-22(29-18)6-7-23(25(21)27)31-24-8-9-28-26(32-24)30-19-4-2-5-20(17-19)34-13-3-10-33-11-14-35-15-12-33/h2,4-9,16-17,29H,3,10-15H2,1H3,(H2,28,30,31,32). The fraction of sp³-hybridized carbons (Fsp3) is 0.308.